The SMILES string of the molecule is CC1NC(c2ccc(Cl)cc2)N(C(C)CS(C)=O)C1=O. The second kappa shape index (κ2) is 6.24. The zero-order valence-corrected chi connectivity index (χ0v) is 13.4. The average molecular weight is 315 g/mol. The van der Waals surface area contributed by atoms with Crippen LogP contribution in [0.1, 0.15) is 25.6 Å². The van der Waals surface area contributed by atoms with Crippen molar-refractivity contribution < 1.29 is 9.00 Å². The molecule has 1 aromatic carbocycles. The molecule has 1 fully saturated rings. The molecule has 1 aromatic rings. The lowest BCUT2D eigenvalue weighted by Gasteiger charge is -2.30. The van der Waals surface area contributed by atoms with Gasteiger partial charge >= 0.3 is 0 Å². The van der Waals surface area contributed by atoms with Crippen molar-refractivity contribution in [1.29, 1.82) is 0 Å². The minimum absolute atomic E-state index is 0.0444. The van der Waals surface area contributed by atoms with Crippen LogP contribution in [0.15, 0.2) is 24.3 Å². The number of rotatable bonds is 4. The van der Waals surface area contributed by atoms with Crippen LogP contribution in [0.4, 0.5) is 0 Å². The van der Waals surface area contributed by atoms with Gasteiger partial charge in [0.2, 0.25) is 5.91 Å². The Morgan fingerprint density at radius 2 is 2.00 bits per heavy atom. The quantitative estimate of drug-likeness (QED) is 0.924. The summed E-state index contributed by atoms with van der Waals surface area (Å²) in [5.74, 6) is 0.521. The van der Waals surface area contributed by atoms with E-state index in [1.54, 1.807) is 11.2 Å². The van der Waals surface area contributed by atoms with E-state index < -0.39 is 10.8 Å². The van der Waals surface area contributed by atoms with Gasteiger partial charge in [-0.2, -0.15) is 0 Å². The van der Waals surface area contributed by atoms with Crippen molar-refractivity contribution in [3.63, 3.8) is 0 Å². The number of benzene rings is 1. The van der Waals surface area contributed by atoms with Crippen LogP contribution in [0.3, 0.4) is 0 Å². The van der Waals surface area contributed by atoms with Crippen molar-refractivity contribution in [3.8, 4) is 0 Å². The predicted molar refractivity (Wildman–Crippen MR) is 82.0 cm³/mol. The van der Waals surface area contributed by atoms with Crippen molar-refractivity contribution in [2.75, 3.05) is 12.0 Å². The molecule has 1 amide bonds. The Kier molecular flexibility index (Phi) is 4.83. The summed E-state index contributed by atoms with van der Waals surface area (Å²) < 4.78 is 11.4. The molecule has 1 saturated heterocycles. The first-order chi connectivity index (χ1) is 9.40. The van der Waals surface area contributed by atoms with E-state index in [0.29, 0.717) is 10.8 Å². The van der Waals surface area contributed by atoms with Crippen molar-refractivity contribution in [1.82, 2.24) is 10.2 Å². The summed E-state index contributed by atoms with van der Waals surface area (Å²) in [7, 11) is -0.936. The number of carbonyl (C=O) groups is 1. The molecule has 1 aliphatic heterocycles. The summed E-state index contributed by atoms with van der Waals surface area (Å²) in [6, 6.07) is 7.14. The fourth-order valence-electron chi connectivity index (χ4n) is 2.53. The van der Waals surface area contributed by atoms with Crippen LogP contribution in [0, 0.1) is 0 Å². The molecule has 110 valence electrons. The van der Waals surface area contributed by atoms with E-state index in [1.807, 2.05) is 38.1 Å². The lowest BCUT2D eigenvalue weighted by atomic mass is 10.1. The Labute approximate surface area is 126 Å². The molecule has 0 spiro atoms. The van der Waals surface area contributed by atoms with Crippen LogP contribution < -0.4 is 5.32 Å². The summed E-state index contributed by atoms with van der Waals surface area (Å²) in [5, 5.41) is 3.94. The molecule has 20 heavy (non-hydrogen) atoms. The van der Waals surface area contributed by atoms with Gasteiger partial charge in [-0.15, -0.1) is 0 Å². The topological polar surface area (TPSA) is 49.4 Å². The number of nitrogens with zero attached hydrogens (tertiary/aromatic N) is 1. The zero-order chi connectivity index (χ0) is 14.9. The average Bonchev–Trinajstić information content (AvgIpc) is 2.66. The van der Waals surface area contributed by atoms with Gasteiger partial charge in [-0.05, 0) is 31.5 Å². The molecular weight excluding hydrogens is 296 g/mol. The number of amides is 1. The Bertz CT molecular complexity index is 520. The van der Waals surface area contributed by atoms with Crippen LogP contribution in [0.2, 0.25) is 5.02 Å². The molecule has 4 nitrogen and oxygen atoms in total. The molecular formula is C14H19ClN2O2S. The molecule has 1 N–H and O–H groups in total. The number of hydrogen-bond acceptors (Lipinski definition) is 3. The number of hydrogen-bond donors (Lipinski definition) is 1. The van der Waals surface area contributed by atoms with Gasteiger partial charge in [-0.1, -0.05) is 23.7 Å². The van der Waals surface area contributed by atoms with Gasteiger partial charge in [0.05, 0.1) is 6.04 Å². The number of carbonyl (C=O) groups excluding carboxylic acids is 1. The standard InChI is InChI=1S/C14H19ClN2O2S/c1-9(8-20(3)19)17-13(16-10(2)14(17)18)11-4-6-12(15)7-5-11/h4-7,9-10,13,16H,8H2,1-3H3. The molecule has 4 atom stereocenters. The molecule has 1 heterocycles. The van der Waals surface area contributed by atoms with Gasteiger partial charge in [0.1, 0.15) is 6.17 Å². The lowest BCUT2D eigenvalue weighted by molar-refractivity contribution is -0.131. The number of nitrogens with one attached hydrogen (secondary N) is 1. The van der Waals surface area contributed by atoms with Crippen LogP contribution in [0.25, 0.3) is 0 Å². The maximum absolute atomic E-state index is 12.3. The van der Waals surface area contributed by atoms with E-state index in [2.05, 4.69) is 5.32 Å². The monoisotopic (exact) mass is 314 g/mol. The van der Waals surface area contributed by atoms with Crippen molar-refractivity contribution in [2.45, 2.75) is 32.1 Å². The fourth-order valence-corrected chi connectivity index (χ4v) is 3.50. The highest BCUT2D eigenvalue weighted by Crippen LogP contribution is 2.28. The molecule has 0 aliphatic carbocycles. The summed E-state index contributed by atoms with van der Waals surface area (Å²) >= 11 is 5.90. The Morgan fingerprint density at radius 3 is 2.55 bits per heavy atom. The summed E-state index contributed by atoms with van der Waals surface area (Å²) in [6.45, 7) is 3.78. The second-order valence-electron chi connectivity index (χ2n) is 5.18. The number of halogens is 1. The fraction of sp³-hybridized carbons (Fsp3) is 0.500. The van der Waals surface area contributed by atoms with Crippen molar-refractivity contribution >= 4 is 28.3 Å². The summed E-state index contributed by atoms with van der Waals surface area (Å²) in [5.41, 5.74) is 0.987. The molecule has 6 heteroatoms. The second-order valence-corrected chi connectivity index (χ2v) is 7.09. The normalized spacial score (nSPS) is 25.8. The van der Waals surface area contributed by atoms with E-state index in [9.17, 15) is 9.00 Å². The minimum atomic E-state index is -0.936. The Balaban J connectivity index is 2.27. The van der Waals surface area contributed by atoms with Gasteiger partial charge in [0, 0.05) is 33.9 Å². The molecule has 1 aliphatic rings. The maximum atomic E-state index is 12.3. The van der Waals surface area contributed by atoms with Gasteiger partial charge in [0.25, 0.3) is 0 Å². The highest BCUT2D eigenvalue weighted by molar-refractivity contribution is 7.84. The molecule has 0 radical (unpaired) electrons. The van der Waals surface area contributed by atoms with Crippen LogP contribution in [-0.2, 0) is 15.6 Å². The third kappa shape index (κ3) is 3.22. The van der Waals surface area contributed by atoms with Crippen LogP contribution in [-0.4, -0.2) is 39.1 Å². The molecule has 2 rings (SSSR count). The third-order valence-electron chi connectivity index (χ3n) is 3.45. The third-order valence-corrected chi connectivity index (χ3v) is 4.65. The highest BCUT2D eigenvalue weighted by Gasteiger charge is 2.39. The summed E-state index contributed by atoms with van der Waals surface area (Å²) in [6.07, 6.45) is 1.47. The Morgan fingerprint density at radius 1 is 1.40 bits per heavy atom. The maximum Gasteiger partial charge on any atom is 0.241 e. The van der Waals surface area contributed by atoms with Crippen LogP contribution >= 0.6 is 11.6 Å². The van der Waals surface area contributed by atoms with Gasteiger partial charge < -0.3 is 4.90 Å². The molecule has 4 unspecified atom stereocenters. The van der Waals surface area contributed by atoms with E-state index >= 15 is 0 Å². The van der Waals surface area contributed by atoms with E-state index in [0.717, 1.165) is 5.56 Å². The van der Waals surface area contributed by atoms with Crippen LogP contribution in [0.5, 0.6) is 0 Å². The largest absolute Gasteiger partial charge is 0.318 e. The zero-order valence-electron chi connectivity index (χ0n) is 11.8. The van der Waals surface area contributed by atoms with E-state index in [1.165, 1.54) is 0 Å². The van der Waals surface area contributed by atoms with Crippen molar-refractivity contribution in [2.24, 2.45) is 0 Å². The first-order valence-electron chi connectivity index (χ1n) is 6.54. The molecule has 0 saturated carbocycles. The first-order valence-corrected chi connectivity index (χ1v) is 8.64. The summed E-state index contributed by atoms with van der Waals surface area (Å²) in [4.78, 5) is 14.1. The van der Waals surface area contributed by atoms with Crippen molar-refractivity contribution in [3.05, 3.63) is 34.9 Å². The van der Waals surface area contributed by atoms with E-state index in [4.69, 9.17) is 11.6 Å². The van der Waals surface area contributed by atoms with E-state index in [-0.39, 0.29) is 24.2 Å². The van der Waals surface area contributed by atoms with Gasteiger partial charge in [-0.25, -0.2) is 0 Å². The highest BCUT2D eigenvalue weighted by atomic mass is 35.5. The lowest BCUT2D eigenvalue weighted by Crippen LogP contribution is -2.41. The van der Waals surface area contributed by atoms with Gasteiger partial charge in [-0.3, -0.25) is 14.3 Å². The van der Waals surface area contributed by atoms with Gasteiger partial charge in [0.15, 0.2) is 0 Å². The molecule has 0 bridgehead atoms. The Hall–Kier alpha value is -0.910. The smallest absolute Gasteiger partial charge is 0.241 e. The minimum Gasteiger partial charge on any atom is -0.318 e. The predicted octanol–water partition coefficient (Wildman–Crippen LogP) is 1.93. The first kappa shape index (κ1) is 15.5. The molecule has 0 aromatic heterocycles.